The maximum Gasteiger partial charge on any atom is 0.356 e. The van der Waals surface area contributed by atoms with Crippen molar-refractivity contribution in [3.8, 4) is 17.0 Å². The molecule has 0 radical (unpaired) electrons. The Morgan fingerprint density at radius 3 is 2.37 bits per heavy atom. The van der Waals surface area contributed by atoms with Gasteiger partial charge in [-0.15, -0.1) is 0 Å². The van der Waals surface area contributed by atoms with E-state index >= 15 is 0 Å². The zero-order valence-corrected chi connectivity index (χ0v) is 11.4. The predicted octanol–water partition coefficient (Wildman–Crippen LogP) is 2.42. The molecule has 0 unspecified atom stereocenters. The highest BCUT2D eigenvalue weighted by molar-refractivity contribution is 5.88. The molecule has 0 spiro atoms. The van der Waals surface area contributed by atoms with Gasteiger partial charge in [0.15, 0.2) is 5.69 Å². The van der Waals surface area contributed by atoms with Gasteiger partial charge in [0, 0.05) is 12.6 Å². The van der Waals surface area contributed by atoms with Crippen LogP contribution in [0.2, 0.25) is 0 Å². The number of phenols is 1. The summed E-state index contributed by atoms with van der Waals surface area (Å²) in [7, 11) is 1.66. The van der Waals surface area contributed by atoms with E-state index in [2.05, 4.69) is 5.10 Å². The first-order chi connectivity index (χ1) is 8.82. The zero-order valence-electron chi connectivity index (χ0n) is 11.4. The number of aromatic hydroxyl groups is 1. The molecule has 2 rings (SSSR count). The molecule has 0 aliphatic rings. The van der Waals surface area contributed by atoms with Crippen LogP contribution in [0.1, 0.15) is 27.2 Å². The number of aromatic carboxylic acids is 1. The molecule has 5 heteroatoms. The Labute approximate surface area is 111 Å². The lowest BCUT2D eigenvalue weighted by atomic mass is 9.97. The van der Waals surface area contributed by atoms with Gasteiger partial charge in [-0.3, -0.25) is 4.68 Å². The molecule has 0 saturated heterocycles. The first-order valence-corrected chi connectivity index (χ1v) is 5.90. The Kier molecular flexibility index (Phi) is 3.06. The quantitative estimate of drug-likeness (QED) is 0.869. The molecule has 0 fully saturated rings. The smallest absolute Gasteiger partial charge is 0.356 e. The molecular weight excluding hydrogens is 244 g/mol. The minimum Gasteiger partial charge on any atom is -0.507 e. The summed E-state index contributed by atoms with van der Waals surface area (Å²) >= 11 is 0. The molecule has 0 saturated carbocycles. The summed E-state index contributed by atoms with van der Waals surface area (Å²) in [6.07, 6.45) is 0. The van der Waals surface area contributed by atoms with Crippen molar-refractivity contribution < 1.29 is 15.0 Å². The number of rotatable bonds is 2. The predicted molar refractivity (Wildman–Crippen MR) is 71.5 cm³/mol. The minimum atomic E-state index is -1.08. The lowest BCUT2D eigenvalue weighted by molar-refractivity contribution is 0.0689. The molecule has 0 aliphatic carbocycles. The van der Waals surface area contributed by atoms with Gasteiger partial charge >= 0.3 is 5.97 Å². The van der Waals surface area contributed by atoms with Crippen LogP contribution in [0.25, 0.3) is 11.3 Å². The molecule has 1 aromatic carbocycles. The first kappa shape index (κ1) is 13.1. The number of benzene rings is 1. The van der Waals surface area contributed by atoms with Gasteiger partial charge in [-0.2, -0.15) is 5.10 Å². The van der Waals surface area contributed by atoms with Crippen LogP contribution in [0.4, 0.5) is 0 Å². The van der Waals surface area contributed by atoms with Crippen LogP contribution >= 0.6 is 0 Å². The number of hydrogen-bond donors (Lipinski definition) is 2. The lowest BCUT2D eigenvalue weighted by Gasteiger charge is -2.13. The van der Waals surface area contributed by atoms with Gasteiger partial charge in [0.05, 0.1) is 5.69 Å². The molecule has 19 heavy (non-hydrogen) atoms. The fourth-order valence-corrected chi connectivity index (χ4v) is 2.20. The van der Waals surface area contributed by atoms with Gasteiger partial charge in [-0.05, 0) is 43.5 Å². The van der Waals surface area contributed by atoms with Gasteiger partial charge in [-0.1, -0.05) is 6.07 Å². The lowest BCUT2D eigenvalue weighted by Crippen LogP contribution is -2.00. The maximum atomic E-state index is 11.0. The molecule has 0 bridgehead atoms. The van der Waals surface area contributed by atoms with Crippen LogP contribution in [0.15, 0.2) is 12.1 Å². The van der Waals surface area contributed by atoms with Crippen molar-refractivity contribution in [1.82, 2.24) is 9.78 Å². The van der Waals surface area contributed by atoms with Crippen LogP contribution in [0.5, 0.6) is 5.75 Å². The average Bonchev–Trinajstić information content (AvgIpc) is 2.69. The van der Waals surface area contributed by atoms with Crippen LogP contribution in [-0.4, -0.2) is 26.0 Å². The van der Waals surface area contributed by atoms with Crippen molar-refractivity contribution in [2.45, 2.75) is 20.8 Å². The Hall–Kier alpha value is -2.30. The summed E-state index contributed by atoms with van der Waals surface area (Å²) in [5.41, 5.74) is 3.87. The third-order valence-corrected chi connectivity index (χ3v) is 3.37. The zero-order chi connectivity index (χ0) is 14.3. The number of nitrogens with zero attached hydrogens (tertiary/aromatic N) is 2. The third kappa shape index (κ3) is 2.07. The molecule has 1 heterocycles. The number of hydrogen-bond acceptors (Lipinski definition) is 3. The molecule has 100 valence electrons. The highest BCUT2D eigenvalue weighted by Crippen LogP contribution is 2.36. The second-order valence-electron chi connectivity index (χ2n) is 4.70. The molecule has 1 aromatic heterocycles. The van der Waals surface area contributed by atoms with E-state index in [0.717, 1.165) is 16.7 Å². The Morgan fingerprint density at radius 2 is 1.84 bits per heavy atom. The molecule has 5 nitrogen and oxygen atoms in total. The molecule has 0 aliphatic heterocycles. The summed E-state index contributed by atoms with van der Waals surface area (Å²) in [4.78, 5) is 11.0. The highest BCUT2D eigenvalue weighted by atomic mass is 16.4. The van der Waals surface area contributed by atoms with E-state index in [1.165, 1.54) is 10.7 Å². The van der Waals surface area contributed by atoms with Crippen LogP contribution < -0.4 is 0 Å². The number of carbonyl (C=O) groups is 1. The Morgan fingerprint density at radius 1 is 1.21 bits per heavy atom. The SMILES string of the molecule is Cc1cc(C)c(-c2cc(C(=O)O)nn2C)c(O)c1C. The molecule has 2 N–H and O–H groups in total. The van der Waals surface area contributed by atoms with Gasteiger partial charge in [0.2, 0.25) is 0 Å². The Bertz CT molecular complexity index is 672. The second-order valence-corrected chi connectivity index (χ2v) is 4.70. The van der Waals surface area contributed by atoms with Crippen molar-refractivity contribution >= 4 is 5.97 Å². The largest absolute Gasteiger partial charge is 0.507 e. The number of aryl methyl sites for hydroxylation is 3. The standard InChI is InChI=1S/C14H16N2O3/c1-7-5-8(2)12(13(17)9(7)3)11-6-10(14(18)19)15-16(11)4/h5-6,17H,1-4H3,(H,18,19). The molecule has 0 atom stereocenters. The van der Waals surface area contributed by atoms with Gasteiger partial charge in [0.25, 0.3) is 0 Å². The molecule has 2 aromatic rings. The van der Waals surface area contributed by atoms with Gasteiger partial charge in [-0.25, -0.2) is 4.79 Å². The maximum absolute atomic E-state index is 11.0. The number of carboxylic acid groups (broad SMARTS) is 1. The Balaban J connectivity index is 2.72. The minimum absolute atomic E-state index is 0.0328. The van der Waals surface area contributed by atoms with Gasteiger partial charge in [0.1, 0.15) is 5.75 Å². The van der Waals surface area contributed by atoms with E-state index in [0.29, 0.717) is 11.3 Å². The average molecular weight is 260 g/mol. The van der Waals surface area contributed by atoms with Crippen molar-refractivity contribution in [3.63, 3.8) is 0 Å². The van der Waals surface area contributed by atoms with Gasteiger partial charge < -0.3 is 10.2 Å². The highest BCUT2D eigenvalue weighted by Gasteiger charge is 2.18. The number of carboxylic acids is 1. The summed E-state index contributed by atoms with van der Waals surface area (Å²) in [6, 6.07) is 3.44. The number of aromatic nitrogens is 2. The van der Waals surface area contributed by atoms with E-state index in [4.69, 9.17) is 5.11 Å². The summed E-state index contributed by atoms with van der Waals surface area (Å²) in [5, 5.41) is 23.2. The van der Waals surface area contributed by atoms with E-state index in [1.54, 1.807) is 7.05 Å². The number of phenolic OH excluding ortho intramolecular Hbond substituents is 1. The van der Waals surface area contributed by atoms with Crippen LogP contribution in [0, 0.1) is 20.8 Å². The summed E-state index contributed by atoms with van der Waals surface area (Å²) in [5.74, 6) is -0.903. The van der Waals surface area contributed by atoms with E-state index in [9.17, 15) is 9.90 Å². The van der Waals surface area contributed by atoms with Crippen molar-refractivity contribution in [3.05, 3.63) is 34.5 Å². The van der Waals surface area contributed by atoms with Crippen LogP contribution in [0.3, 0.4) is 0 Å². The van der Waals surface area contributed by atoms with Crippen molar-refractivity contribution in [2.75, 3.05) is 0 Å². The van der Waals surface area contributed by atoms with E-state index in [1.807, 2.05) is 26.8 Å². The summed E-state index contributed by atoms with van der Waals surface area (Å²) in [6.45, 7) is 5.65. The normalized spacial score (nSPS) is 10.7. The third-order valence-electron chi connectivity index (χ3n) is 3.37. The van der Waals surface area contributed by atoms with Crippen molar-refractivity contribution in [2.24, 2.45) is 7.05 Å². The molecule has 0 amide bonds. The fraction of sp³-hybridized carbons (Fsp3) is 0.286. The molecular formula is C14H16N2O3. The fourth-order valence-electron chi connectivity index (χ4n) is 2.20. The topological polar surface area (TPSA) is 75.3 Å². The van der Waals surface area contributed by atoms with Crippen LogP contribution in [-0.2, 0) is 7.05 Å². The van der Waals surface area contributed by atoms with E-state index < -0.39 is 5.97 Å². The summed E-state index contributed by atoms with van der Waals surface area (Å²) < 4.78 is 1.47. The van der Waals surface area contributed by atoms with Crippen molar-refractivity contribution in [1.29, 1.82) is 0 Å². The monoisotopic (exact) mass is 260 g/mol. The second kappa shape index (κ2) is 4.42. The van der Waals surface area contributed by atoms with E-state index in [-0.39, 0.29) is 11.4 Å². The first-order valence-electron chi connectivity index (χ1n) is 5.90.